The minimum Gasteiger partial charge on any atom is -0.382 e. The Balaban J connectivity index is 2.06. The summed E-state index contributed by atoms with van der Waals surface area (Å²) in [6.45, 7) is 0.404. The lowest BCUT2D eigenvalue weighted by atomic mass is 10.0. The van der Waals surface area contributed by atoms with Crippen molar-refractivity contribution in [1.82, 2.24) is 4.90 Å². The quantitative estimate of drug-likeness (QED) is 0.866. The highest BCUT2D eigenvalue weighted by Crippen LogP contribution is 2.22. The molecule has 1 unspecified atom stereocenters. The molecule has 22 heavy (non-hydrogen) atoms. The van der Waals surface area contributed by atoms with E-state index >= 15 is 0 Å². The summed E-state index contributed by atoms with van der Waals surface area (Å²) in [5.74, 6) is 0. The maximum absolute atomic E-state index is 12.6. The number of aliphatic hydroxyl groups excluding tert-OH is 1. The van der Waals surface area contributed by atoms with Crippen molar-refractivity contribution in [2.45, 2.75) is 31.7 Å². The molecule has 1 aromatic rings. The number of allylic oxidation sites excluding steroid dienone is 3. The average Bonchev–Trinajstić information content (AvgIpc) is 2.48. The second-order valence-corrected chi connectivity index (χ2v) is 5.50. The third kappa shape index (κ3) is 5.31. The zero-order valence-electron chi connectivity index (χ0n) is 12.3. The van der Waals surface area contributed by atoms with Crippen LogP contribution < -0.4 is 0 Å². The van der Waals surface area contributed by atoms with Crippen molar-refractivity contribution in [3.8, 4) is 0 Å². The van der Waals surface area contributed by atoms with Gasteiger partial charge in [-0.1, -0.05) is 54.1 Å². The monoisotopic (exact) mass is 311 g/mol. The fourth-order valence-corrected chi connectivity index (χ4v) is 2.45. The molecule has 1 aromatic carbocycles. The van der Waals surface area contributed by atoms with Crippen molar-refractivity contribution in [3.63, 3.8) is 0 Å². The van der Waals surface area contributed by atoms with Gasteiger partial charge in [-0.25, -0.2) is 0 Å². The van der Waals surface area contributed by atoms with Crippen molar-refractivity contribution in [1.29, 1.82) is 0 Å². The molecule has 0 amide bonds. The number of hydrogen-bond donors (Lipinski definition) is 1. The van der Waals surface area contributed by atoms with Crippen molar-refractivity contribution >= 4 is 0 Å². The highest BCUT2D eigenvalue weighted by molar-refractivity contribution is 5.20. The maximum Gasteiger partial charge on any atom is 0.415 e. The minimum absolute atomic E-state index is 0.384. The van der Waals surface area contributed by atoms with Crippen LogP contribution >= 0.6 is 0 Å². The Bertz CT molecular complexity index is 522. The van der Waals surface area contributed by atoms with Gasteiger partial charge < -0.3 is 5.11 Å². The number of halogens is 3. The molecule has 0 fully saturated rings. The first-order valence-electron chi connectivity index (χ1n) is 7.31. The number of alkyl halides is 3. The third-order valence-corrected chi connectivity index (χ3v) is 3.58. The van der Waals surface area contributed by atoms with Crippen molar-refractivity contribution < 1.29 is 18.3 Å². The predicted octanol–water partition coefficient (Wildman–Crippen LogP) is 3.69. The average molecular weight is 311 g/mol. The molecule has 5 heteroatoms. The fraction of sp³-hybridized carbons (Fsp3) is 0.412. The molecule has 1 atom stereocenters. The lowest BCUT2D eigenvalue weighted by Gasteiger charge is -2.27. The second kappa shape index (κ2) is 7.61. The van der Waals surface area contributed by atoms with Crippen LogP contribution in [0.4, 0.5) is 13.2 Å². The summed E-state index contributed by atoms with van der Waals surface area (Å²) >= 11 is 0. The molecule has 120 valence electrons. The molecule has 0 aromatic heterocycles. The minimum atomic E-state index is -4.59. The molecule has 1 aliphatic rings. The highest BCUT2D eigenvalue weighted by Gasteiger charge is 2.39. The molecule has 2 nitrogen and oxygen atoms in total. The Labute approximate surface area is 128 Å². The van der Waals surface area contributed by atoms with Gasteiger partial charge in [0.1, 0.15) is 0 Å². The zero-order valence-corrected chi connectivity index (χ0v) is 12.3. The molecular weight excluding hydrogens is 291 g/mol. The van der Waals surface area contributed by atoms with Crippen LogP contribution in [0.1, 0.15) is 18.4 Å². The Kier molecular flexibility index (Phi) is 5.80. The molecule has 1 aliphatic carbocycles. The van der Waals surface area contributed by atoms with E-state index in [-0.39, 0.29) is 0 Å². The van der Waals surface area contributed by atoms with Crippen molar-refractivity contribution in [2.75, 3.05) is 13.1 Å². The van der Waals surface area contributed by atoms with Crippen LogP contribution in [0.15, 0.2) is 54.1 Å². The molecule has 0 radical (unpaired) electrons. The van der Waals surface area contributed by atoms with Crippen LogP contribution in [0.2, 0.25) is 0 Å². The Morgan fingerprint density at radius 2 is 1.86 bits per heavy atom. The zero-order chi connectivity index (χ0) is 16.0. The number of hydrogen-bond acceptors (Lipinski definition) is 2. The topological polar surface area (TPSA) is 23.5 Å². The number of benzene rings is 1. The predicted molar refractivity (Wildman–Crippen MR) is 80.2 cm³/mol. The van der Waals surface area contributed by atoms with Crippen molar-refractivity contribution in [3.05, 3.63) is 59.7 Å². The van der Waals surface area contributed by atoms with E-state index in [1.807, 2.05) is 48.6 Å². The Morgan fingerprint density at radius 3 is 2.45 bits per heavy atom. The lowest BCUT2D eigenvalue weighted by molar-refractivity contribution is -0.208. The van der Waals surface area contributed by atoms with E-state index in [1.165, 1.54) is 0 Å². The molecule has 0 heterocycles. The summed E-state index contributed by atoms with van der Waals surface area (Å²) in [6, 6.07) is 9.34. The van der Waals surface area contributed by atoms with Gasteiger partial charge in [-0.2, -0.15) is 13.2 Å². The van der Waals surface area contributed by atoms with Crippen LogP contribution in [0, 0.1) is 0 Å². The molecule has 0 saturated heterocycles. The van der Waals surface area contributed by atoms with E-state index in [9.17, 15) is 18.3 Å². The molecule has 2 rings (SSSR count). The first-order valence-corrected chi connectivity index (χ1v) is 7.31. The summed E-state index contributed by atoms with van der Waals surface area (Å²) in [5.41, 5.74) is 2.02. The smallest absolute Gasteiger partial charge is 0.382 e. The summed E-state index contributed by atoms with van der Waals surface area (Å²) in [4.78, 5) is 1.65. The van der Waals surface area contributed by atoms with Gasteiger partial charge in [0.05, 0.1) is 0 Å². The molecule has 1 N–H and O–H groups in total. The van der Waals surface area contributed by atoms with Gasteiger partial charge in [0.2, 0.25) is 0 Å². The van der Waals surface area contributed by atoms with E-state index in [4.69, 9.17) is 0 Å². The van der Waals surface area contributed by atoms with Crippen LogP contribution in [0.25, 0.3) is 0 Å². The van der Waals surface area contributed by atoms with E-state index in [0.717, 1.165) is 24.0 Å². The Morgan fingerprint density at radius 1 is 1.14 bits per heavy atom. The van der Waals surface area contributed by atoms with Crippen LogP contribution in [-0.2, 0) is 6.54 Å². The van der Waals surface area contributed by atoms with Gasteiger partial charge in [0.15, 0.2) is 6.10 Å². The summed E-state index contributed by atoms with van der Waals surface area (Å²) in [6.07, 6.45) is 0.763. The number of rotatable bonds is 6. The highest BCUT2D eigenvalue weighted by atomic mass is 19.4. The van der Waals surface area contributed by atoms with Gasteiger partial charge in [-0.15, -0.1) is 0 Å². The fourth-order valence-electron chi connectivity index (χ4n) is 2.45. The van der Waals surface area contributed by atoms with Gasteiger partial charge in [-0.05, 0) is 18.4 Å². The second-order valence-electron chi connectivity index (χ2n) is 5.50. The van der Waals surface area contributed by atoms with Gasteiger partial charge >= 0.3 is 6.18 Å². The van der Waals surface area contributed by atoms with Crippen LogP contribution in [0.5, 0.6) is 0 Å². The summed E-state index contributed by atoms with van der Waals surface area (Å²) < 4.78 is 37.9. The van der Waals surface area contributed by atoms with E-state index < -0.39 is 18.8 Å². The Hall–Kier alpha value is -1.59. The third-order valence-electron chi connectivity index (χ3n) is 3.58. The van der Waals surface area contributed by atoms with E-state index in [0.29, 0.717) is 13.1 Å². The van der Waals surface area contributed by atoms with Crippen LogP contribution in [0.3, 0.4) is 0 Å². The molecule has 0 aliphatic heterocycles. The van der Waals surface area contributed by atoms with E-state index in [2.05, 4.69) is 0 Å². The molecular formula is C17H20F3NO. The van der Waals surface area contributed by atoms with Crippen LogP contribution in [-0.4, -0.2) is 35.4 Å². The normalized spacial score (nSPS) is 16.7. The van der Waals surface area contributed by atoms with Gasteiger partial charge in [-0.3, -0.25) is 4.90 Å². The van der Waals surface area contributed by atoms with Gasteiger partial charge in [0.25, 0.3) is 0 Å². The first-order chi connectivity index (χ1) is 10.4. The first kappa shape index (κ1) is 16.8. The standard InChI is InChI=1S/C17H20F3NO/c18-17(19,20)16(22)13-21(11-14-7-3-1-4-8-14)12-15-9-5-2-6-10-15/h1-5,7-9,16,22H,6,10-13H2. The lowest BCUT2D eigenvalue weighted by Crippen LogP contribution is -2.41. The molecule has 0 spiro atoms. The van der Waals surface area contributed by atoms with Gasteiger partial charge in [0, 0.05) is 19.6 Å². The number of aliphatic hydroxyl groups is 1. The largest absolute Gasteiger partial charge is 0.415 e. The molecule has 0 bridgehead atoms. The summed E-state index contributed by atoms with van der Waals surface area (Å²) in [5, 5.41) is 9.36. The molecule has 0 saturated carbocycles. The maximum atomic E-state index is 12.6. The summed E-state index contributed by atoms with van der Waals surface area (Å²) in [7, 11) is 0. The van der Waals surface area contributed by atoms with Crippen molar-refractivity contribution in [2.24, 2.45) is 0 Å². The SMILES string of the molecule is OC(CN(CC1=CC=CCC1)Cc1ccccc1)C(F)(F)F. The number of nitrogens with zero attached hydrogens (tertiary/aromatic N) is 1. The van der Waals surface area contributed by atoms with E-state index in [1.54, 1.807) is 4.90 Å².